The summed E-state index contributed by atoms with van der Waals surface area (Å²) in [5, 5.41) is 9.46. The van der Waals surface area contributed by atoms with Gasteiger partial charge < -0.3 is 9.47 Å². The van der Waals surface area contributed by atoms with Crippen molar-refractivity contribution >= 4 is 0 Å². The zero-order valence-electron chi connectivity index (χ0n) is 5.62. The molecule has 0 N–H and O–H groups in total. The highest BCUT2D eigenvalue weighted by Gasteiger charge is 2.03. The molecule has 0 saturated carbocycles. The van der Waals surface area contributed by atoms with Gasteiger partial charge in [-0.1, -0.05) is 0 Å². The molecule has 0 bridgehead atoms. The van der Waals surface area contributed by atoms with E-state index in [1.54, 1.807) is 0 Å². The summed E-state index contributed by atoms with van der Waals surface area (Å²) in [4.78, 5) is 3.57. The summed E-state index contributed by atoms with van der Waals surface area (Å²) < 4.78 is 9.52. The second kappa shape index (κ2) is 5.97. The van der Waals surface area contributed by atoms with Crippen molar-refractivity contribution in [1.29, 1.82) is 0 Å². The third kappa shape index (κ3) is 4.35. The van der Waals surface area contributed by atoms with E-state index in [0.717, 1.165) is 0 Å². The molecule has 0 atom stereocenters. The molecule has 0 aliphatic carbocycles. The van der Waals surface area contributed by atoms with Crippen LogP contribution in [0.1, 0.15) is 6.42 Å². The lowest BCUT2D eigenvalue weighted by Gasteiger charge is -2.10. The Kier molecular flexibility index (Phi) is 5.86. The molecule has 9 heavy (non-hydrogen) atoms. The van der Waals surface area contributed by atoms with Gasteiger partial charge in [0.25, 0.3) is 0 Å². The van der Waals surface area contributed by atoms with Gasteiger partial charge in [-0.3, -0.25) is 0 Å². The van der Waals surface area contributed by atoms with Gasteiger partial charge >= 0.3 is 0 Å². The molecule has 1 radical (unpaired) electrons. The number of hydrogen-bond acceptors (Lipinski definition) is 3. The molecule has 0 aromatic rings. The van der Waals surface area contributed by atoms with Gasteiger partial charge in [0.15, 0.2) is 6.29 Å². The van der Waals surface area contributed by atoms with Crippen LogP contribution in [0.3, 0.4) is 0 Å². The lowest BCUT2D eigenvalue weighted by Crippen LogP contribution is -2.14. The van der Waals surface area contributed by atoms with Crippen molar-refractivity contribution in [2.24, 2.45) is 0 Å². The van der Waals surface area contributed by atoms with E-state index in [4.69, 9.17) is 9.47 Å². The molecule has 0 amide bonds. The Hall–Kier alpha value is -0.160. The van der Waals surface area contributed by atoms with Crippen molar-refractivity contribution in [2.75, 3.05) is 20.8 Å². The van der Waals surface area contributed by atoms with Crippen LogP contribution >= 0.6 is 0 Å². The molecule has 0 unspecified atom stereocenters. The molecule has 0 saturated heterocycles. The van der Waals surface area contributed by atoms with E-state index in [-0.39, 0.29) is 12.9 Å². The summed E-state index contributed by atoms with van der Waals surface area (Å²) >= 11 is 0. The molecule has 0 fully saturated rings. The van der Waals surface area contributed by atoms with Gasteiger partial charge in [-0.25, -0.2) is 4.89 Å². The number of rotatable bonds is 5. The van der Waals surface area contributed by atoms with Crippen LogP contribution in [0.5, 0.6) is 0 Å². The lowest BCUT2D eigenvalue weighted by molar-refractivity contribution is -0.310. The maximum Gasteiger partial charge on any atom is 0.159 e. The zero-order valence-corrected chi connectivity index (χ0v) is 5.62. The van der Waals surface area contributed by atoms with E-state index in [2.05, 4.69) is 4.89 Å². The van der Waals surface area contributed by atoms with Crippen molar-refractivity contribution in [3.05, 3.63) is 0 Å². The Bertz CT molecular complexity index is 52.9. The zero-order chi connectivity index (χ0) is 7.11. The van der Waals surface area contributed by atoms with Crippen LogP contribution in [0.15, 0.2) is 0 Å². The van der Waals surface area contributed by atoms with Gasteiger partial charge in [-0.15, -0.1) is 0 Å². The summed E-state index contributed by atoms with van der Waals surface area (Å²) in [7, 11) is 3.03. The van der Waals surface area contributed by atoms with E-state index in [1.165, 1.54) is 14.2 Å². The number of hydrogen-bond donors (Lipinski definition) is 0. The SMILES string of the molecule is COC(CCO[O])OC. The average Bonchev–Trinajstić information content (AvgIpc) is 1.91. The molecule has 0 aromatic carbocycles. The third-order valence-electron chi connectivity index (χ3n) is 0.963. The Morgan fingerprint density at radius 1 is 1.33 bits per heavy atom. The van der Waals surface area contributed by atoms with E-state index >= 15 is 0 Å². The van der Waals surface area contributed by atoms with Gasteiger partial charge in [0.1, 0.15) is 0 Å². The first-order valence-corrected chi connectivity index (χ1v) is 2.65. The van der Waals surface area contributed by atoms with Crippen molar-refractivity contribution in [1.82, 2.24) is 0 Å². The third-order valence-corrected chi connectivity index (χ3v) is 0.963. The fourth-order valence-corrected chi connectivity index (χ4v) is 0.476. The van der Waals surface area contributed by atoms with E-state index < -0.39 is 0 Å². The highest BCUT2D eigenvalue weighted by molar-refractivity contribution is 4.38. The number of methoxy groups -OCH3 is 2. The highest BCUT2D eigenvalue weighted by Crippen LogP contribution is 1.96. The quantitative estimate of drug-likeness (QED) is 0.310. The Morgan fingerprint density at radius 3 is 2.22 bits per heavy atom. The van der Waals surface area contributed by atoms with Crippen LogP contribution < -0.4 is 0 Å². The molecule has 0 spiro atoms. The topological polar surface area (TPSA) is 47.6 Å². The summed E-state index contributed by atoms with van der Waals surface area (Å²) in [6.45, 7) is 0.117. The minimum Gasteiger partial charge on any atom is -0.356 e. The van der Waals surface area contributed by atoms with Gasteiger partial charge in [0, 0.05) is 20.6 Å². The monoisotopic (exact) mass is 135 g/mol. The van der Waals surface area contributed by atoms with E-state index in [9.17, 15) is 5.26 Å². The summed E-state index contributed by atoms with van der Waals surface area (Å²) in [5.41, 5.74) is 0. The first-order chi connectivity index (χ1) is 4.35. The molecule has 0 aliphatic rings. The van der Waals surface area contributed by atoms with Crippen LogP contribution in [0.25, 0.3) is 0 Å². The van der Waals surface area contributed by atoms with E-state index in [1.807, 2.05) is 0 Å². The van der Waals surface area contributed by atoms with Crippen LogP contribution in [0.2, 0.25) is 0 Å². The lowest BCUT2D eigenvalue weighted by atomic mass is 10.4. The molecule has 0 rings (SSSR count). The molecular weight excluding hydrogens is 124 g/mol. The van der Waals surface area contributed by atoms with Crippen LogP contribution in [-0.4, -0.2) is 27.1 Å². The average molecular weight is 135 g/mol. The van der Waals surface area contributed by atoms with Gasteiger partial charge in [0.2, 0.25) is 0 Å². The first kappa shape index (κ1) is 8.84. The van der Waals surface area contributed by atoms with Crippen molar-refractivity contribution in [3.63, 3.8) is 0 Å². The second-order valence-electron chi connectivity index (χ2n) is 1.51. The highest BCUT2D eigenvalue weighted by atomic mass is 17.1. The minimum absolute atomic E-state index is 0.117. The maximum absolute atomic E-state index is 9.46. The van der Waals surface area contributed by atoms with Gasteiger partial charge in [-0.2, -0.15) is 0 Å². The van der Waals surface area contributed by atoms with Gasteiger partial charge in [0.05, 0.1) is 6.61 Å². The minimum atomic E-state index is -0.320. The van der Waals surface area contributed by atoms with Crippen LogP contribution in [0, 0.1) is 0 Å². The fourth-order valence-electron chi connectivity index (χ4n) is 0.476. The fraction of sp³-hybridized carbons (Fsp3) is 1.00. The summed E-state index contributed by atoms with van der Waals surface area (Å²) in [6.07, 6.45) is 0.148. The van der Waals surface area contributed by atoms with E-state index in [0.29, 0.717) is 6.42 Å². The molecule has 4 heteroatoms. The van der Waals surface area contributed by atoms with Crippen molar-refractivity contribution < 1.29 is 19.6 Å². The molecule has 55 valence electrons. The molecular formula is C5H11O4. The van der Waals surface area contributed by atoms with Crippen molar-refractivity contribution in [2.45, 2.75) is 12.7 Å². The van der Waals surface area contributed by atoms with Crippen molar-refractivity contribution in [3.8, 4) is 0 Å². The van der Waals surface area contributed by atoms with Crippen LogP contribution in [0.4, 0.5) is 0 Å². The second-order valence-corrected chi connectivity index (χ2v) is 1.51. The summed E-state index contributed by atoms with van der Waals surface area (Å²) in [5.74, 6) is 0. The smallest absolute Gasteiger partial charge is 0.159 e. The number of ether oxygens (including phenoxy) is 2. The normalized spacial score (nSPS) is 10.7. The standard InChI is InChI=1S/C5H11O4/c1-7-5(8-2)3-4-9-6/h5H,3-4H2,1-2H3. The molecule has 0 aliphatic heterocycles. The Morgan fingerprint density at radius 2 is 1.89 bits per heavy atom. The Labute approximate surface area is 54.3 Å². The first-order valence-electron chi connectivity index (χ1n) is 2.65. The largest absolute Gasteiger partial charge is 0.356 e. The summed E-state index contributed by atoms with van der Waals surface area (Å²) in [6, 6.07) is 0. The predicted octanol–water partition coefficient (Wildman–Crippen LogP) is 0.357. The van der Waals surface area contributed by atoms with Crippen LogP contribution in [-0.2, 0) is 19.6 Å². The Balaban J connectivity index is 3.09. The molecule has 4 nitrogen and oxygen atoms in total. The molecule has 0 heterocycles. The van der Waals surface area contributed by atoms with Gasteiger partial charge in [-0.05, 0) is 5.26 Å². The molecule has 0 aromatic heterocycles. The maximum atomic E-state index is 9.46. The predicted molar refractivity (Wildman–Crippen MR) is 29.1 cm³/mol.